The van der Waals surface area contributed by atoms with Gasteiger partial charge in [-0.3, -0.25) is 9.69 Å². The zero-order valence-electron chi connectivity index (χ0n) is 26.4. The summed E-state index contributed by atoms with van der Waals surface area (Å²) in [6.45, 7) is 9.71. The first-order valence-electron chi connectivity index (χ1n) is 15.6. The van der Waals surface area contributed by atoms with Gasteiger partial charge in [0.05, 0.1) is 24.4 Å². The normalized spacial score (nSPS) is 19.6. The quantitative estimate of drug-likeness (QED) is 0.268. The topological polar surface area (TPSA) is 118 Å². The van der Waals surface area contributed by atoms with E-state index in [1.165, 1.54) is 0 Å². The molecule has 4 heterocycles. The number of methoxy groups -OCH3 is 1. The molecule has 2 fully saturated rings. The van der Waals surface area contributed by atoms with E-state index in [0.717, 1.165) is 80.3 Å². The van der Waals surface area contributed by atoms with E-state index in [0.29, 0.717) is 35.0 Å². The Balaban J connectivity index is 1.09. The number of carbonyl (C=O) groups is 1. The van der Waals surface area contributed by atoms with Crippen LogP contribution in [0, 0.1) is 5.92 Å². The molecule has 3 aliphatic rings. The summed E-state index contributed by atoms with van der Waals surface area (Å²) >= 11 is 6.47. The number of ether oxygens (including phenoxy) is 1. The van der Waals surface area contributed by atoms with E-state index in [4.69, 9.17) is 16.3 Å². The van der Waals surface area contributed by atoms with Crippen molar-refractivity contribution in [3.63, 3.8) is 0 Å². The molecule has 2 aromatic carbocycles. The highest BCUT2D eigenvalue weighted by Gasteiger charge is 2.40. The van der Waals surface area contributed by atoms with Gasteiger partial charge in [-0.2, -0.15) is 4.98 Å². The van der Waals surface area contributed by atoms with Crippen LogP contribution in [0.1, 0.15) is 37.8 Å². The maximum absolute atomic E-state index is 12.5. The maximum atomic E-state index is 12.5. The molecule has 0 aliphatic carbocycles. The predicted molar refractivity (Wildman–Crippen MR) is 179 cm³/mol. The Labute approximate surface area is 269 Å². The number of nitrogens with one attached hydrogen (secondary N) is 3. The first kappa shape index (κ1) is 31.3. The number of amides is 1. The minimum absolute atomic E-state index is 0.0134. The van der Waals surface area contributed by atoms with Crippen LogP contribution < -0.4 is 25.6 Å². The monoisotopic (exact) mass is 634 g/mol. The van der Waals surface area contributed by atoms with E-state index in [9.17, 15) is 9.90 Å². The molecule has 2 saturated heterocycles. The van der Waals surface area contributed by atoms with Crippen molar-refractivity contribution < 1.29 is 14.6 Å². The summed E-state index contributed by atoms with van der Waals surface area (Å²) in [6, 6.07) is 11.9. The lowest BCUT2D eigenvalue weighted by Gasteiger charge is -2.42. The number of aromatic nitrogens is 2. The summed E-state index contributed by atoms with van der Waals surface area (Å²) in [7, 11) is 3.80. The Morgan fingerprint density at radius 1 is 1.13 bits per heavy atom. The predicted octanol–water partition coefficient (Wildman–Crippen LogP) is 4.51. The Bertz CT molecular complexity index is 1540. The average molecular weight is 635 g/mol. The van der Waals surface area contributed by atoms with Crippen molar-refractivity contribution in [3.05, 3.63) is 58.7 Å². The van der Waals surface area contributed by atoms with Gasteiger partial charge >= 0.3 is 0 Å². The molecule has 1 unspecified atom stereocenters. The number of piperidine rings is 1. The number of halogens is 1. The fourth-order valence-electron chi connectivity index (χ4n) is 6.68. The highest BCUT2D eigenvalue weighted by molar-refractivity contribution is 6.32. The minimum atomic E-state index is -0.625. The number of hydrogen-bond acceptors (Lipinski definition) is 10. The number of aliphatic hydroxyl groups excluding tert-OH is 1. The molecule has 0 spiro atoms. The van der Waals surface area contributed by atoms with Gasteiger partial charge in [0.1, 0.15) is 17.0 Å². The van der Waals surface area contributed by atoms with Crippen LogP contribution in [0.4, 0.5) is 28.8 Å². The number of fused-ring (bicyclic) bond motifs is 1. The van der Waals surface area contributed by atoms with Gasteiger partial charge in [0, 0.05) is 56.1 Å². The Kier molecular flexibility index (Phi) is 9.05. The molecule has 1 amide bonds. The van der Waals surface area contributed by atoms with Gasteiger partial charge in [0.25, 0.3) is 0 Å². The van der Waals surface area contributed by atoms with Crippen LogP contribution in [-0.4, -0.2) is 90.4 Å². The number of nitrogens with zero attached hydrogens (tertiary/aromatic N) is 5. The van der Waals surface area contributed by atoms with Crippen LogP contribution >= 0.6 is 11.6 Å². The van der Waals surface area contributed by atoms with Crippen LogP contribution in [-0.2, 0) is 16.8 Å². The fraction of sp³-hybridized carbons (Fsp3) is 0.485. The van der Waals surface area contributed by atoms with Crippen molar-refractivity contribution in [2.75, 3.05) is 74.3 Å². The van der Waals surface area contributed by atoms with E-state index in [1.807, 2.05) is 44.2 Å². The van der Waals surface area contributed by atoms with Crippen molar-refractivity contribution >= 4 is 46.3 Å². The second-order valence-electron chi connectivity index (χ2n) is 12.7. The third-order valence-corrected chi connectivity index (χ3v) is 9.73. The van der Waals surface area contributed by atoms with Gasteiger partial charge in [0.2, 0.25) is 11.9 Å². The standard InChI is InChI=1S/C33H43ClN8O3/c1-33(2)28-22(6-5-7-26(28)37-31(33)44)19-35-29-24(34)20-36-32(39-29)38-25-9-8-23(18-27(25)45-4)41-14-16-42(17-15-41)30(43)21-10-12-40(3)13-11-21/h5-9,18,20-21,30,43H,10-17,19H2,1-4H3,(H,37,44)(H2,35,36,38,39). The SMILES string of the molecule is COc1cc(N2CCN(C(O)C3CCN(C)CC3)CC2)ccc1Nc1ncc(Cl)c(NCc2cccc3c2C(C)(C)C(=O)N3)n1. The Hall–Kier alpha value is -3.64. The van der Waals surface area contributed by atoms with Gasteiger partial charge < -0.3 is 35.6 Å². The molecular formula is C33H43ClN8O3. The molecule has 11 nitrogen and oxygen atoms in total. The molecule has 3 aromatic rings. The number of benzene rings is 2. The molecule has 45 heavy (non-hydrogen) atoms. The number of likely N-dealkylation sites (tertiary alicyclic amines) is 1. The van der Waals surface area contributed by atoms with Gasteiger partial charge in [-0.25, -0.2) is 4.98 Å². The zero-order valence-corrected chi connectivity index (χ0v) is 27.2. The summed E-state index contributed by atoms with van der Waals surface area (Å²) in [4.78, 5) is 28.4. The maximum Gasteiger partial charge on any atom is 0.234 e. The Morgan fingerprint density at radius 3 is 2.62 bits per heavy atom. The van der Waals surface area contributed by atoms with Crippen molar-refractivity contribution in [1.82, 2.24) is 19.8 Å². The van der Waals surface area contributed by atoms with Crippen molar-refractivity contribution in [2.24, 2.45) is 5.92 Å². The van der Waals surface area contributed by atoms with Crippen LogP contribution in [0.15, 0.2) is 42.6 Å². The lowest BCUT2D eigenvalue weighted by atomic mass is 9.83. The van der Waals surface area contributed by atoms with Gasteiger partial charge in [-0.1, -0.05) is 23.7 Å². The van der Waals surface area contributed by atoms with E-state index < -0.39 is 5.41 Å². The number of hydrogen-bond donors (Lipinski definition) is 4. The second kappa shape index (κ2) is 13.0. The zero-order chi connectivity index (χ0) is 31.7. The van der Waals surface area contributed by atoms with Crippen molar-refractivity contribution in [2.45, 2.75) is 44.9 Å². The van der Waals surface area contributed by atoms with E-state index in [2.05, 4.69) is 53.7 Å². The molecule has 0 radical (unpaired) electrons. The summed E-state index contributed by atoms with van der Waals surface area (Å²) < 4.78 is 5.75. The highest BCUT2D eigenvalue weighted by Crippen LogP contribution is 2.40. The molecule has 4 N–H and O–H groups in total. The molecule has 240 valence electrons. The lowest BCUT2D eigenvalue weighted by molar-refractivity contribution is -0.119. The molecule has 6 rings (SSSR count). The fourth-order valence-corrected chi connectivity index (χ4v) is 6.84. The van der Waals surface area contributed by atoms with Crippen molar-refractivity contribution in [1.29, 1.82) is 0 Å². The van der Waals surface area contributed by atoms with Gasteiger partial charge in [0.15, 0.2) is 5.82 Å². The molecule has 1 aromatic heterocycles. The summed E-state index contributed by atoms with van der Waals surface area (Å²) in [6.07, 6.45) is 3.28. The molecule has 1 atom stereocenters. The number of anilines is 5. The van der Waals surface area contributed by atoms with Crippen LogP contribution in [0.25, 0.3) is 0 Å². The average Bonchev–Trinajstić information content (AvgIpc) is 3.29. The van der Waals surface area contributed by atoms with E-state index in [-0.39, 0.29) is 12.1 Å². The summed E-state index contributed by atoms with van der Waals surface area (Å²) in [5.74, 6) is 1.87. The second-order valence-corrected chi connectivity index (χ2v) is 13.2. The number of aliphatic hydroxyl groups is 1. The molecule has 12 heteroatoms. The van der Waals surface area contributed by atoms with Crippen LogP contribution in [0.5, 0.6) is 5.75 Å². The summed E-state index contributed by atoms with van der Waals surface area (Å²) in [5.41, 5.74) is 3.98. The molecule has 0 saturated carbocycles. The van der Waals surface area contributed by atoms with Crippen molar-refractivity contribution in [3.8, 4) is 5.75 Å². The number of rotatable bonds is 9. The summed E-state index contributed by atoms with van der Waals surface area (Å²) in [5, 5.41) is 21.0. The highest BCUT2D eigenvalue weighted by atomic mass is 35.5. The Morgan fingerprint density at radius 2 is 1.89 bits per heavy atom. The molecular weight excluding hydrogens is 592 g/mol. The molecule has 3 aliphatic heterocycles. The first-order valence-corrected chi connectivity index (χ1v) is 16.0. The largest absolute Gasteiger partial charge is 0.494 e. The number of piperazine rings is 1. The third-order valence-electron chi connectivity index (χ3n) is 9.45. The smallest absolute Gasteiger partial charge is 0.234 e. The van der Waals surface area contributed by atoms with E-state index in [1.54, 1.807) is 13.3 Å². The minimum Gasteiger partial charge on any atom is -0.494 e. The number of carbonyl (C=O) groups excluding carboxylic acids is 1. The molecule has 0 bridgehead atoms. The first-order chi connectivity index (χ1) is 21.6. The third kappa shape index (κ3) is 6.53. The lowest BCUT2D eigenvalue weighted by Crippen LogP contribution is -2.53. The van der Waals surface area contributed by atoms with E-state index >= 15 is 0 Å². The van der Waals surface area contributed by atoms with Gasteiger partial charge in [-0.15, -0.1) is 0 Å². The van der Waals surface area contributed by atoms with Gasteiger partial charge in [-0.05, 0) is 76.2 Å². The van der Waals surface area contributed by atoms with Crippen LogP contribution in [0.3, 0.4) is 0 Å². The van der Waals surface area contributed by atoms with Crippen LogP contribution in [0.2, 0.25) is 5.02 Å².